The summed E-state index contributed by atoms with van der Waals surface area (Å²) in [6.07, 6.45) is 10.8. The zero-order valence-electron chi connectivity index (χ0n) is 10.6. The number of aryl methyl sites for hydroxylation is 1. The minimum Gasteiger partial charge on any atom is -0.0850 e. The summed E-state index contributed by atoms with van der Waals surface area (Å²) in [5.74, 6) is 0.978. The highest BCUT2D eigenvalue weighted by Crippen LogP contribution is 2.58. The average Bonchev–Trinajstić information content (AvgIpc) is 2.89. The molecule has 3 aliphatic carbocycles. The summed E-state index contributed by atoms with van der Waals surface area (Å²) in [5, 5.41) is 0. The van der Waals surface area contributed by atoms with Crippen LogP contribution in [0.5, 0.6) is 0 Å². The molecular weight excluding hydrogens is 204 g/mol. The highest BCUT2D eigenvalue weighted by molar-refractivity contribution is 5.39. The Morgan fingerprint density at radius 1 is 1.24 bits per heavy atom. The predicted octanol–water partition coefficient (Wildman–Crippen LogP) is 4.21. The van der Waals surface area contributed by atoms with Crippen LogP contribution in [0.4, 0.5) is 0 Å². The summed E-state index contributed by atoms with van der Waals surface area (Å²) >= 11 is 0. The number of rotatable bonds is 0. The van der Waals surface area contributed by atoms with Crippen LogP contribution in [-0.4, -0.2) is 0 Å². The van der Waals surface area contributed by atoms with Crippen molar-refractivity contribution < 1.29 is 0 Å². The molecule has 2 bridgehead atoms. The van der Waals surface area contributed by atoms with Crippen molar-refractivity contribution in [3.63, 3.8) is 0 Å². The molecule has 0 heterocycles. The Balaban J connectivity index is 1.74. The van der Waals surface area contributed by atoms with Gasteiger partial charge in [-0.15, -0.1) is 0 Å². The molecule has 0 aliphatic heterocycles. The molecule has 4 rings (SSSR count). The van der Waals surface area contributed by atoms with E-state index in [1.807, 2.05) is 0 Å². The Kier molecular flexibility index (Phi) is 1.90. The first-order chi connectivity index (χ1) is 8.27. The third kappa shape index (κ3) is 1.30. The van der Waals surface area contributed by atoms with E-state index in [2.05, 4.69) is 31.2 Å². The quantitative estimate of drug-likeness (QED) is 0.579. The molecule has 0 N–H and O–H groups in total. The molecule has 0 radical (unpaired) electrons. The zero-order chi connectivity index (χ0) is 11.5. The first-order valence-electron chi connectivity index (χ1n) is 7.02. The van der Waals surface area contributed by atoms with Crippen molar-refractivity contribution in [3.05, 3.63) is 46.5 Å². The molecule has 1 aromatic rings. The number of hydrogen-bond acceptors (Lipinski definition) is 0. The van der Waals surface area contributed by atoms with Gasteiger partial charge in [-0.1, -0.05) is 29.8 Å². The summed E-state index contributed by atoms with van der Waals surface area (Å²) in [4.78, 5) is 0. The van der Waals surface area contributed by atoms with E-state index in [1.165, 1.54) is 44.1 Å². The fourth-order valence-corrected chi connectivity index (χ4v) is 4.63. The van der Waals surface area contributed by atoms with Crippen molar-refractivity contribution in [1.29, 1.82) is 0 Å². The fourth-order valence-electron chi connectivity index (χ4n) is 4.63. The van der Waals surface area contributed by atoms with Crippen molar-refractivity contribution in [2.24, 2.45) is 11.3 Å². The second-order valence-electron chi connectivity index (χ2n) is 6.43. The van der Waals surface area contributed by atoms with Gasteiger partial charge in [0, 0.05) is 0 Å². The van der Waals surface area contributed by atoms with Gasteiger partial charge in [0.25, 0.3) is 0 Å². The lowest BCUT2D eigenvalue weighted by Gasteiger charge is -2.41. The molecule has 1 fully saturated rings. The molecule has 2 atom stereocenters. The standard InChI is InChI=1S/C17H20/c1-12-3-2-4-14-11-17(8-7-16(12)14)10-13-5-6-15(17)9-13/h2-5,15H,6-11H2,1H3. The molecule has 0 nitrogen and oxygen atoms in total. The largest absolute Gasteiger partial charge is 0.0850 e. The second kappa shape index (κ2) is 3.25. The van der Waals surface area contributed by atoms with E-state index in [4.69, 9.17) is 0 Å². The van der Waals surface area contributed by atoms with Gasteiger partial charge in [0.1, 0.15) is 0 Å². The molecule has 17 heavy (non-hydrogen) atoms. The Morgan fingerprint density at radius 2 is 2.18 bits per heavy atom. The summed E-state index contributed by atoms with van der Waals surface area (Å²) in [6.45, 7) is 2.28. The molecule has 1 aromatic carbocycles. The van der Waals surface area contributed by atoms with Crippen LogP contribution in [0, 0.1) is 18.3 Å². The Hall–Kier alpha value is -1.04. The highest BCUT2D eigenvalue weighted by Gasteiger charge is 2.48. The molecule has 2 unspecified atom stereocenters. The number of fused-ring (bicyclic) bond motifs is 4. The van der Waals surface area contributed by atoms with Gasteiger partial charge in [-0.05, 0) is 73.5 Å². The lowest BCUT2D eigenvalue weighted by Crippen LogP contribution is -2.33. The molecule has 88 valence electrons. The van der Waals surface area contributed by atoms with Crippen molar-refractivity contribution in [2.45, 2.75) is 45.4 Å². The summed E-state index contributed by atoms with van der Waals surface area (Å²) in [6, 6.07) is 6.91. The number of hydrogen-bond donors (Lipinski definition) is 0. The van der Waals surface area contributed by atoms with E-state index in [-0.39, 0.29) is 0 Å². The third-order valence-corrected chi connectivity index (χ3v) is 5.57. The highest BCUT2D eigenvalue weighted by atomic mass is 14.5. The SMILES string of the molecule is Cc1cccc2c1CCC1(CC3=CCC1C3)C2. The summed E-state index contributed by atoms with van der Waals surface area (Å²) < 4.78 is 0. The minimum absolute atomic E-state index is 0.658. The number of benzene rings is 1. The molecule has 0 aromatic heterocycles. The van der Waals surface area contributed by atoms with Gasteiger partial charge in [-0.2, -0.15) is 0 Å². The first kappa shape index (κ1) is 9.94. The molecule has 0 amide bonds. The van der Waals surface area contributed by atoms with E-state index in [1.54, 1.807) is 16.7 Å². The van der Waals surface area contributed by atoms with Crippen molar-refractivity contribution >= 4 is 0 Å². The lowest BCUT2D eigenvalue weighted by atomic mass is 9.63. The molecular formula is C17H20. The van der Waals surface area contributed by atoms with Gasteiger partial charge in [0.2, 0.25) is 0 Å². The van der Waals surface area contributed by atoms with Gasteiger partial charge in [-0.25, -0.2) is 0 Å². The smallest absolute Gasteiger partial charge is 0.0182 e. The van der Waals surface area contributed by atoms with Crippen molar-refractivity contribution in [1.82, 2.24) is 0 Å². The maximum Gasteiger partial charge on any atom is -0.0182 e. The van der Waals surface area contributed by atoms with Gasteiger partial charge in [0.05, 0.1) is 0 Å². The second-order valence-corrected chi connectivity index (χ2v) is 6.43. The van der Waals surface area contributed by atoms with Crippen molar-refractivity contribution in [3.8, 4) is 0 Å². The maximum absolute atomic E-state index is 2.52. The normalized spacial score (nSPS) is 33.9. The van der Waals surface area contributed by atoms with Crippen LogP contribution in [0.25, 0.3) is 0 Å². The maximum atomic E-state index is 2.52. The van der Waals surface area contributed by atoms with Crippen LogP contribution in [0.1, 0.15) is 42.4 Å². The van der Waals surface area contributed by atoms with Gasteiger partial charge >= 0.3 is 0 Å². The van der Waals surface area contributed by atoms with E-state index < -0.39 is 0 Å². The van der Waals surface area contributed by atoms with Crippen LogP contribution < -0.4 is 0 Å². The Bertz CT molecular complexity index is 509. The van der Waals surface area contributed by atoms with Gasteiger partial charge in [0.15, 0.2) is 0 Å². The van der Waals surface area contributed by atoms with E-state index in [0.717, 1.165) is 5.92 Å². The molecule has 3 aliphatic rings. The van der Waals surface area contributed by atoms with Crippen LogP contribution in [0.3, 0.4) is 0 Å². The average molecular weight is 224 g/mol. The van der Waals surface area contributed by atoms with Crippen LogP contribution in [0.15, 0.2) is 29.8 Å². The molecule has 0 heteroatoms. The van der Waals surface area contributed by atoms with E-state index >= 15 is 0 Å². The molecule has 1 spiro atoms. The van der Waals surface area contributed by atoms with Gasteiger partial charge in [-0.3, -0.25) is 0 Å². The Labute approximate surface area is 104 Å². The first-order valence-corrected chi connectivity index (χ1v) is 7.02. The lowest BCUT2D eigenvalue weighted by molar-refractivity contribution is 0.168. The van der Waals surface area contributed by atoms with Crippen LogP contribution in [-0.2, 0) is 12.8 Å². The van der Waals surface area contributed by atoms with Crippen LogP contribution in [0.2, 0.25) is 0 Å². The molecule has 0 saturated heterocycles. The van der Waals surface area contributed by atoms with Crippen molar-refractivity contribution in [2.75, 3.05) is 0 Å². The summed E-state index contributed by atoms with van der Waals surface area (Å²) in [7, 11) is 0. The zero-order valence-corrected chi connectivity index (χ0v) is 10.6. The fraction of sp³-hybridized carbons (Fsp3) is 0.529. The van der Waals surface area contributed by atoms with E-state index in [0.29, 0.717) is 5.41 Å². The van der Waals surface area contributed by atoms with Crippen LogP contribution >= 0.6 is 0 Å². The monoisotopic (exact) mass is 224 g/mol. The Morgan fingerprint density at radius 3 is 2.94 bits per heavy atom. The third-order valence-electron chi connectivity index (χ3n) is 5.57. The number of allylic oxidation sites excluding steroid dienone is 2. The van der Waals surface area contributed by atoms with E-state index in [9.17, 15) is 0 Å². The molecule has 1 saturated carbocycles. The minimum atomic E-state index is 0.658. The predicted molar refractivity (Wildman–Crippen MR) is 71.1 cm³/mol. The van der Waals surface area contributed by atoms with Gasteiger partial charge < -0.3 is 0 Å². The topological polar surface area (TPSA) is 0 Å². The summed E-state index contributed by atoms with van der Waals surface area (Å²) in [5.41, 5.74) is 7.26.